The van der Waals surface area contributed by atoms with Crippen LogP contribution in [0.4, 0.5) is 10.8 Å². The fourth-order valence-electron chi connectivity index (χ4n) is 4.70. The highest BCUT2D eigenvalue weighted by Crippen LogP contribution is 2.27. The highest BCUT2D eigenvalue weighted by molar-refractivity contribution is 9.10. The molecule has 1 aromatic heterocycles. The van der Waals surface area contributed by atoms with Crippen LogP contribution in [0.2, 0.25) is 0 Å². The smallest absolute Gasteiger partial charge is 0.272 e. The molecule has 7 nitrogen and oxygen atoms in total. The van der Waals surface area contributed by atoms with Gasteiger partial charge in [-0.1, -0.05) is 88.7 Å². The Hall–Kier alpha value is -5.03. The van der Waals surface area contributed by atoms with E-state index in [-0.39, 0.29) is 23.3 Å². The number of halogens is 1. The van der Waals surface area contributed by atoms with E-state index >= 15 is 0 Å². The predicted molar refractivity (Wildman–Crippen MR) is 196 cm³/mol. The molecule has 5 aromatic carbocycles. The molecule has 6 rings (SSSR count). The number of amides is 3. The molecule has 47 heavy (non-hydrogen) atoms. The number of hydrogen-bond acceptors (Lipinski definition) is 6. The zero-order chi connectivity index (χ0) is 32.6. The Morgan fingerprint density at radius 1 is 0.787 bits per heavy atom. The van der Waals surface area contributed by atoms with E-state index in [9.17, 15) is 14.4 Å². The van der Waals surface area contributed by atoms with E-state index in [1.165, 1.54) is 23.1 Å². The summed E-state index contributed by atoms with van der Waals surface area (Å²) in [6, 6.07) is 37.5. The maximum atomic E-state index is 13.5. The second-order valence-corrected chi connectivity index (χ2v) is 13.1. The summed E-state index contributed by atoms with van der Waals surface area (Å²) in [4.78, 5) is 44.6. The minimum absolute atomic E-state index is 0.107. The summed E-state index contributed by atoms with van der Waals surface area (Å²) in [6.07, 6.45) is 1.69. The molecule has 0 atom stereocenters. The summed E-state index contributed by atoms with van der Waals surface area (Å²) < 4.78 is 0.989. The van der Waals surface area contributed by atoms with E-state index in [2.05, 4.69) is 36.9 Å². The van der Waals surface area contributed by atoms with Gasteiger partial charge in [0, 0.05) is 31.6 Å². The fraction of sp³-hybridized carbons (Fsp3) is 0.0270. The SMILES string of the molecule is O=C(CSc1ccc(NC(=O)/C(=C/c2cccc3ccccc23)NC(=O)c2ccccc2)cc1)Nc1nc(-c2ccc(Br)cc2)cs1. The van der Waals surface area contributed by atoms with Crippen molar-refractivity contribution in [1.82, 2.24) is 10.3 Å². The normalized spacial score (nSPS) is 11.2. The van der Waals surface area contributed by atoms with Gasteiger partial charge in [0.25, 0.3) is 11.8 Å². The summed E-state index contributed by atoms with van der Waals surface area (Å²) in [5.74, 6) is -0.823. The highest BCUT2D eigenvalue weighted by Gasteiger charge is 2.16. The molecule has 0 radical (unpaired) electrons. The molecule has 0 aliphatic heterocycles. The van der Waals surface area contributed by atoms with Gasteiger partial charge < -0.3 is 16.0 Å². The Kier molecular flexibility index (Phi) is 10.2. The number of hydrogen-bond donors (Lipinski definition) is 3. The van der Waals surface area contributed by atoms with Gasteiger partial charge in [-0.3, -0.25) is 14.4 Å². The number of thiazole rings is 1. The molecule has 0 bridgehead atoms. The van der Waals surface area contributed by atoms with Crippen LogP contribution in [0.1, 0.15) is 15.9 Å². The van der Waals surface area contributed by atoms with E-state index in [1.807, 2.05) is 90.3 Å². The third-order valence-electron chi connectivity index (χ3n) is 7.02. The number of carbonyl (C=O) groups excluding carboxylic acids is 3. The number of carbonyl (C=O) groups is 3. The largest absolute Gasteiger partial charge is 0.321 e. The van der Waals surface area contributed by atoms with Crippen molar-refractivity contribution in [1.29, 1.82) is 0 Å². The van der Waals surface area contributed by atoms with Crippen LogP contribution in [0.15, 0.2) is 142 Å². The number of nitrogens with zero attached hydrogens (tertiary/aromatic N) is 1. The Morgan fingerprint density at radius 3 is 2.30 bits per heavy atom. The van der Waals surface area contributed by atoms with Crippen molar-refractivity contribution in [3.63, 3.8) is 0 Å². The first-order chi connectivity index (χ1) is 22.9. The number of benzene rings is 5. The highest BCUT2D eigenvalue weighted by atomic mass is 79.9. The molecule has 3 amide bonds. The van der Waals surface area contributed by atoms with E-state index in [0.717, 1.165) is 37.0 Å². The molecule has 232 valence electrons. The quantitative estimate of drug-likeness (QED) is 0.0971. The lowest BCUT2D eigenvalue weighted by atomic mass is 10.0. The Balaban J connectivity index is 1.10. The van der Waals surface area contributed by atoms with Gasteiger partial charge in [0.15, 0.2) is 5.13 Å². The van der Waals surface area contributed by atoms with Crippen molar-refractivity contribution >= 4 is 84.4 Å². The molecule has 0 saturated heterocycles. The lowest BCUT2D eigenvalue weighted by Gasteiger charge is -2.12. The van der Waals surface area contributed by atoms with Gasteiger partial charge in [0.2, 0.25) is 5.91 Å². The summed E-state index contributed by atoms with van der Waals surface area (Å²) in [6.45, 7) is 0. The van der Waals surface area contributed by atoms with E-state index in [4.69, 9.17) is 0 Å². The summed E-state index contributed by atoms with van der Waals surface area (Å²) >= 11 is 6.18. The van der Waals surface area contributed by atoms with Crippen LogP contribution in [0.3, 0.4) is 0 Å². The van der Waals surface area contributed by atoms with Crippen LogP contribution >= 0.6 is 39.0 Å². The topological polar surface area (TPSA) is 100 Å². The molecule has 3 N–H and O–H groups in total. The van der Waals surface area contributed by atoms with Crippen molar-refractivity contribution in [2.24, 2.45) is 0 Å². The van der Waals surface area contributed by atoms with Crippen molar-refractivity contribution < 1.29 is 14.4 Å². The minimum Gasteiger partial charge on any atom is -0.321 e. The first kappa shape index (κ1) is 31.9. The van der Waals surface area contributed by atoms with Crippen molar-refractivity contribution in [2.45, 2.75) is 4.90 Å². The molecule has 0 unspecified atom stereocenters. The molecular weight excluding hydrogens is 692 g/mol. The molecule has 0 aliphatic carbocycles. The molecular formula is C37H27BrN4O3S2. The first-order valence-corrected chi connectivity index (χ1v) is 17.2. The van der Waals surface area contributed by atoms with Gasteiger partial charge in [-0.25, -0.2) is 4.98 Å². The van der Waals surface area contributed by atoms with Gasteiger partial charge in [-0.15, -0.1) is 23.1 Å². The Morgan fingerprint density at radius 2 is 1.51 bits per heavy atom. The number of aromatic nitrogens is 1. The molecule has 10 heteroatoms. The van der Waals surface area contributed by atoms with Crippen LogP contribution in [0, 0.1) is 0 Å². The van der Waals surface area contributed by atoms with Gasteiger partial charge >= 0.3 is 0 Å². The lowest BCUT2D eigenvalue weighted by molar-refractivity contribution is -0.114. The molecule has 0 saturated carbocycles. The van der Waals surface area contributed by atoms with E-state index < -0.39 is 5.91 Å². The minimum atomic E-state index is -0.465. The number of rotatable bonds is 10. The zero-order valence-electron chi connectivity index (χ0n) is 24.8. The number of thioether (sulfide) groups is 1. The third-order valence-corrected chi connectivity index (χ3v) is 9.32. The van der Waals surface area contributed by atoms with Gasteiger partial charge in [0.05, 0.1) is 11.4 Å². The average Bonchev–Trinajstić information content (AvgIpc) is 3.56. The summed E-state index contributed by atoms with van der Waals surface area (Å²) in [5.41, 5.74) is 3.67. The number of anilines is 2. The zero-order valence-corrected chi connectivity index (χ0v) is 28.0. The number of fused-ring (bicyclic) bond motifs is 1. The van der Waals surface area contributed by atoms with E-state index in [1.54, 1.807) is 42.5 Å². The summed E-state index contributed by atoms with van der Waals surface area (Å²) in [5, 5.41) is 13.0. The maximum absolute atomic E-state index is 13.5. The first-order valence-electron chi connectivity index (χ1n) is 14.5. The fourth-order valence-corrected chi connectivity index (χ4v) is 6.39. The predicted octanol–water partition coefficient (Wildman–Crippen LogP) is 8.87. The van der Waals surface area contributed by atoms with Crippen molar-refractivity contribution in [2.75, 3.05) is 16.4 Å². The maximum Gasteiger partial charge on any atom is 0.272 e. The third kappa shape index (κ3) is 8.42. The Bertz CT molecular complexity index is 2070. The second-order valence-electron chi connectivity index (χ2n) is 10.3. The summed E-state index contributed by atoms with van der Waals surface area (Å²) in [7, 11) is 0. The standard InChI is InChI=1S/C37H27BrN4O3S2/c38-28-15-13-25(14-16-28)33-22-47-37(41-33)42-34(43)23-46-30-19-17-29(18-20-30)39-36(45)32(40-35(44)26-8-2-1-3-9-26)21-27-11-6-10-24-7-4-5-12-31(24)27/h1-22H,23H2,(H,39,45)(H,40,44)(H,41,42,43)/b32-21-. The Labute approximate surface area is 288 Å². The molecule has 6 aromatic rings. The van der Waals surface area contributed by atoms with Gasteiger partial charge in [0.1, 0.15) is 5.70 Å². The van der Waals surface area contributed by atoms with Crippen molar-refractivity contribution in [3.05, 3.63) is 148 Å². The van der Waals surface area contributed by atoms with Crippen LogP contribution < -0.4 is 16.0 Å². The van der Waals surface area contributed by atoms with Crippen LogP contribution in [-0.2, 0) is 9.59 Å². The second kappa shape index (κ2) is 15.0. The van der Waals surface area contributed by atoms with Crippen LogP contribution in [0.25, 0.3) is 28.1 Å². The van der Waals surface area contributed by atoms with Crippen LogP contribution in [-0.4, -0.2) is 28.5 Å². The average molecular weight is 720 g/mol. The van der Waals surface area contributed by atoms with Gasteiger partial charge in [-0.05, 0) is 70.9 Å². The van der Waals surface area contributed by atoms with Gasteiger partial charge in [-0.2, -0.15) is 0 Å². The lowest BCUT2D eigenvalue weighted by Crippen LogP contribution is -2.30. The van der Waals surface area contributed by atoms with Crippen molar-refractivity contribution in [3.8, 4) is 11.3 Å². The molecule has 1 heterocycles. The molecule has 0 aliphatic rings. The number of nitrogens with one attached hydrogen (secondary N) is 3. The van der Waals surface area contributed by atoms with E-state index in [0.29, 0.717) is 16.4 Å². The van der Waals surface area contributed by atoms with Crippen LogP contribution in [0.5, 0.6) is 0 Å². The molecule has 0 spiro atoms. The monoisotopic (exact) mass is 718 g/mol. The molecule has 0 fully saturated rings.